The van der Waals surface area contributed by atoms with Crippen LogP contribution in [0.25, 0.3) is 0 Å². The van der Waals surface area contributed by atoms with Crippen LogP contribution in [0.2, 0.25) is 0 Å². The molecule has 0 spiro atoms. The van der Waals surface area contributed by atoms with Crippen LogP contribution in [0.1, 0.15) is 10.4 Å². The molecule has 0 aliphatic carbocycles. The lowest BCUT2D eigenvalue weighted by atomic mass is 10.2. The number of carbonyl (C=O) groups is 1. The summed E-state index contributed by atoms with van der Waals surface area (Å²) >= 11 is 1.82. The molecule has 1 aliphatic rings. The first-order valence-electron chi connectivity index (χ1n) is 7.00. The Balaban J connectivity index is 0.000000154. The van der Waals surface area contributed by atoms with E-state index in [0.717, 1.165) is 11.8 Å². The van der Waals surface area contributed by atoms with Crippen molar-refractivity contribution in [2.24, 2.45) is 0 Å². The summed E-state index contributed by atoms with van der Waals surface area (Å²) in [5.41, 5.74) is 3.14. The van der Waals surface area contributed by atoms with Gasteiger partial charge in [0.05, 0.1) is 11.4 Å². The average Bonchev–Trinajstić information content (AvgIpc) is 2.61. The van der Waals surface area contributed by atoms with Crippen molar-refractivity contribution in [3.05, 3.63) is 84.4 Å². The summed E-state index contributed by atoms with van der Waals surface area (Å²) in [7, 11) is 0. The second-order valence-corrected chi connectivity index (χ2v) is 5.83. The number of hydrogen-bond donors (Lipinski definition) is 1. The number of rotatable bonds is 1. The van der Waals surface area contributed by atoms with Gasteiger partial charge >= 0.3 is 0 Å². The summed E-state index contributed by atoms with van der Waals surface area (Å²) in [5.74, 6) is 0. The van der Waals surface area contributed by atoms with Crippen molar-refractivity contribution in [3.8, 4) is 0 Å². The predicted octanol–water partition coefficient (Wildman–Crippen LogP) is 5.39. The third-order valence-electron chi connectivity index (χ3n) is 3.20. The van der Waals surface area contributed by atoms with Gasteiger partial charge in [-0.25, -0.2) is 0 Å². The SMILES string of the molecule is O=Cc1ccccc1.c1ccc2c(c1)Nc1ccccc1S2. The van der Waals surface area contributed by atoms with Crippen LogP contribution in [0, 0.1) is 0 Å². The van der Waals surface area contributed by atoms with Crippen LogP contribution in [-0.2, 0) is 0 Å². The zero-order chi connectivity index (χ0) is 15.2. The van der Waals surface area contributed by atoms with Crippen LogP contribution in [0.5, 0.6) is 0 Å². The number of fused-ring (bicyclic) bond motifs is 2. The zero-order valence-corrected chi connectivity index (χ0v) is 12.7. The van der Waals surface area contributed by atoms with E-state index in [-0.39, 0.29) is 0 Å². The molecule has 1 N–H and O–H groups in total. The lowest BCUT2D eigenvalue weighted by molar-refractivity contribution is 0.112. The molecular formula is C19H15NOS. The quantitative estimate of drug-likeness (QED) is 0.478. The van der Waals surface area contributed by atoms with Gasteiger partial charge in [-0.15, -0.1) is 0 Å². The Morgan fingerprint density at radius 3 is 1.68 bits per heavy atom. The number of benzene rings is 3. The molecular weight excluding hydrogens is 290 g/mol. The van der Waals surface area contributed by atoms with Crippen LogP contribution < -0.4 is 5.32 Å². The minimum atomic E-state index is 0.729. The van der Waals surface area contributed by atoms with E-state index in [4.69, 9.17) is 0 Å². The average molecular weight is 305 g/mol. The Morgan fingerprint density at radius 1 is 0.682 bits per heavy atom. The maximum Gasteiger partial charge on any atom is 0.150 e. The standard InChI is InChI=1S/C12H9NS.C7H6O/c1-3-7-11-9(5-1)13-10-6-2-4-8-12(10)14-11;8-6-7-4-2-1-3-5-7/h1-8,13H;1-6H. The molecule has 0 fully saturated rings. The highest BCUT2D eigenvalue weighted by Gasteiger charge is 2.13. The molecule has 0 amide bonds. The van der Waals surface area contributed by atoms with Crippen LogP contribution in [0.3, 0.4) is 0 Å². The van der Waals surface area contributed by atoms with E-state index in [9.17, 15) is 4.79 Å². The summed E-state index contributed by atoms with van der Waals surface area (Å²) in [4.78, 5) is 12.6. The lowest BCUT2D eigenvalue weighted by Crippen LogP contribution is -1.98. The maximum atomic E-state index is 10.0. The number of hydrogen-bond acceptors (Lipinski definition) is 3. The van der Waals surface area contributed by atoms with E-state index >= 15 is 0 Å². The minimum absolute atomic E-state index is 0.729. The van der Waals surface area contributed by atoms with Crippen molar-refractivity contribution >= 4 is 29.4 Å². The highest BCUT2D eigenvalue weighted by Crippen LogP contribution is 2.43. The molecule has 0 atom stereocenters. The highest BCUT2D eigenvalue weighted by atomic mass is 32.2. The van der Waals surface area contributed by atoms with Gasteiger partial charge in [-0.05, 0) is 24.3 Å². The van der Waals surface area contributed by atoms with Gasteiger partial charge in [-0.2, -0.15) is 0 Å². The minimum Gasteiger partial charge on any atom is -0.354 e. The molecule has 0 radical (unpaired) electrons. The summed E-state index contributed by atoms with van der Waals surface area (Å²) < 4.78 is 0. The van der Waals surface area contributed by atoms with Gasteiger partial charge in [0, 0.05) is 15.4 Å². The molecule has 2 nitrogen and oxygen atoms in total. The molecule has 4 rings (SSSR count). The van der Waals surface area contributed by atoms with Crippen LogP contribution in [-0.4, -0.2) is 6.29 Å². The van der Waals surface area contributed by atoms with E-state index in [1.54, 1.807) is 12.1 Å². The van der Waals surface area contributed by atoms with Gasteiger partial charge in [0.2, 0.25) is 0 Å². The van der Waals surface area contributed by atoms with E-state index in [1.807, 2.05) is 30.0 Å². The van der Waals surface area contributed by atoms with Gasteiger partial charge in [0.25, 0.3) is 0 Å². The van der Waals surface area contributed by atoms with Gasteiger partial charge in [-0.3, -0.25) is 4.79 Å². The second kappa shape index (κ2) is 6.96. The van der Waals surface area contributed by atoms with E-state index in [0.29, 0.717) is 0 Å². The second-order valence-electron chi connectivity index (χ2n) is 4.75. The topological polar surface area (TPSA) is 29.1 Å². The molecule has 3 heteroatoms. The first-order valence-corrected chi connectivity index (χ1v) is 7.81. The van der Waals surface area contributed by atoms with Crippen molar-refractivity contribution < 1.29 is 4.79 Å². The molecule has 22 heavy (non-hydrogen) atoms. The van der Waals surface area contributed by atoms with Crippen molar-refractivity contribution in [2.45, 2.75) is 9.79 Å². The van der Waals surface area contributed by atoms with Crippen molar-refractivity contribution in [3.63, 3.8) is 0 Å². The summed E-state index contributed by atoms with van der Waals surface area (Å²) in [5, 5.41) is 3.42. The number of aldehydes is 1. The Hall–Kier alpha value is -2.52. The summed E-state index contributed by atoms with van der Waals surface area (Å²) in [6, 6.07) is 25.9. The van der Waals surface area contributed by atoms with Crippen molar-refractivity contribution in [1.82, 2.24) is 0 Å². The Bertz CT molecular complexity index is 684. The predicted molar refractivity (Wildman–Crippen MR) is 92.1 cm³/mol. The largest absolute Gasteiger partial charge is 0.354 e. The summed E-state index contributed by atoms with van der Waals surface area (Å²) in [6.45, 7) is 0. The third-order valence-corrected chi connectivity index (χ3v) is 4.35. The zero-order valence-electron chi connectivity index (χ0n) is 11.9. The Morgan fingerprint density at radius 2 is 1.18 bits per heavy atom. The number of anilines is 2. The normalized spacial score (nSPS) is 11.1. The molecule has 0 bridgehead atoms. The monoisotopic (exact) mass is 305 g/mol. The first-order chi connectivity index (χ1) is 10.9. The van der Waals surface area contributed by atoms with Crippen molar-refractivity contribution in [1.29, 1.82) is 0 Å². The Kier molecular flexibility index (Phi) is 4.56. The molecule has 3 aromatic rings. The van der Waals surface area contributed by atoms with E-state index in [2.05, 4.69) is 53.8 Å². The number of carbonyl (C=O) groups excluding carboxylic acids is 1. The fourth-order valence-electron chi connectivity index (χ4n) is 2.11. The van der Waals surface area contributed by atoms with Gasteiger partial charge < -0.3 is 5.32 Å². The van der Waals surface area contributed by atoms with Crippen LogP contribution in [0.4, 0.5) is 11.4 Å². The van der Waals surface area contributed by atoms with Crippen LogP contribution in [0.15, 0.2) is 88.7 Å². The molecule has 3 aromatic carbocycles. The Labute approximate surface area is 134 Å². The molecule has 0 saturated carbocycles. The first kappa shape index (κ1) is 14.4. The fourth-order valence-corrected chi connectivity index (χ4v) is 3.10. The lowest BCUT2D eigenvalue weighted by Gasteiger charge is -2.19. The molecule has 1 heterocycles. The van der Waals surface area contributed by atoms with Crippen molar-refractivity contribution in [2.75, 3.05) is 5.32 Å². The molecule has 0 aromatic heterocycles. The number of para-hydroxylation sites is 2. The van der Waals surface area contributed by atoms with Crippen LogP contribution >= 0.6 is 11.8 Å². The molecule has 108 valence electrons. The van der Waals surface area contributed by atoms with Gasteiger partial charge in [-0.1, -0.05) is 66.4 Å². The maximum absolute atomic E-state index is 10.0. The third kappa shape index (κ3) is 3.38. The number of nitrogens with one attached hydrogen (secondary N) is 1. The molecule has 1 aliphatic heterocycles. The van der Waals surface area contributed by atoms with Gasteiger partial charge in [0.1, 0.15) is 6.29 Å². The van der Waals surface area contributed by atoms with E-state index < -0.39 is 0 Å². The molecule has 0 unspecified atom stereocenters. The van der Waals surface area contributed by atoms with E-state index in [1.165, 1.54) is 21.2 Å². The smallest absolute Gasteiger partial charge is 0.150 e. The summed E-state index contributed by atoms with van der Waals surface area (Å²) in [6.07, 6.45) is 0.833. The fraction of sp³-hybridized carbons (Fsp3) is 0. The highest BCUT2D eigenvalue weighted by molar-refractivity contribution is 7.99. The molecule has 0 saturated heterocycles. The van der Waals surface area contributed by atoms with Gasteiger partial charge in [0.15, 0.2) is 0 Å².